The van der Waals surface area contributed by atoms with E-state index in [0.717, 1.165) is 0 Å². The van der Waals surface area contributed by atoms with Crippen molar-refractivity contribution in [2.45, 2.75) is 32.5 Å². The summed E-state index contributed by atoms with van der Waals surface area (Å²) in [7, 11) is -3.24. The minimum Gasteiger partial charge on any atom is -0.292 e. The molecule has 0 aliphatic rings. The number of terminal acetylenes is 2. The zero-order valence-corrected chi connectivity index (χ0v) is 10.6. The quantitative estimate of drug-likeness (QED) is 0.390. The van der Waals surface area contributed by atoms with Crippen molar-refractivity contribution in [2.24, 2.45) is 0 Å². The minimum absolute atomic E-state index is 0.231. The Labute approximate surface area is 97.8 Å². The summed E-state index contributed by atoms with van der Waals surface area (Å²) in [4.78, 5) is 0. The molecule has 88 valence electrons. The van der Waals surface area contributed by atoms with Crippen LogP contribution in [-0.2, 0) is 13.6 Å². The fourth-order valence-electron chi connectivity index (χ4n) is 0.922. The molecule has 0 bridgehead atoms. The first-order valence-electron chi connectivity index (χ1n) is 4.96. The molecule has 0 heterocycles. The first-order valence-corrected chi connectivity index (χ1v) is 6.69. The highest BCUT2D eigenvalue weighted by Crippen LogP contribution is 2.50. The highest BCUT2D eigenvalue weighted by atomic mass is 31.2. The van der Waals surface area contributed by atoms with Gasteiger partial charge in [-0.2, -0.15) is 0 Å². The van der Waals surface area contributed by atoms with Crippen LogP contribution in [0.1, 0.15) is 20.3 Å². The molecule has 0 aliphatic heterocycles. The van der Waals surface area contributed by atoms with Gasteiger partial charge < -0.3 is 0 Å². The van der Waals surface area contributed by atoms with Gasteiger partial charge in [-0.25, -0.2) is 0 Å². The van der Waals surface area contributed by atoms with Crippen molar-refractivity contribution in [3.05, 3.63) is 12.7 Å². The Balaban J connectivity index is 4.62. The van der Waals surface area contributed by atoms with E-state index in [1.165, 1.54) is 0 Å². The van der Waals surface area contributed by atoms with Crippen molar-refractivity contribution in [1.29, 1.82) is 0 Å². The van der Waals surface area contributed by atoms with Crippen LogP contribution in [0.15, 0.2) is 12.7 Å². The van der Waals surface area contributed by atoms with Crippen molar-refractivity contribution in [3.63, 3.8) is 0 Å². The van der Waals surface area contributed by atoms with E-state index >= 15 is 0 Å². The lowest BCUT2D eigenvalue weighted by Gasteiger charge is -2.21. The lowest BCUT2D eigenvalue weighted by Crippen LogP contribution is -2.12. The summed E-state index contributed by atoms with van der Waals surface area (Å²) in [6.45, 7) is 6.81. The molecule has 0 amide bonds. The Hall–Kier alpha value is -0.990. The van der Waals surface area contributed by atoms with Gasteiger partial charge in [0.15, 0.2) is 0 Å². The largest absolute Gasteiger partial charge is 0.333 e. The van der Waals surface area contributed by atoms with Crippen LogP contribution in [0.2, 0.25) is 0 Å². The van der Waals surface area contributed by atoms with E-state index in [9.17, 15) is 4.57 Å². The third-order valence-corrected chi connectivity index (χ3v) is 3.79. The first-order chi connectivity index (χ1) is 7.47. The molecule has 2 unspecified atom stereocenters. The summed E-state index contributed by atoms with van der Waals surface area (Å²) in [5.74, 6) is 4.67. The molecular formula is C12H17O3P. The average Bonchev–Trinajstić information content (AvgIpc) is 2.25. The Morgan fingerprint density at radius 3 is 2.06 bits per heavy atom. The molecule has 0 aromatic heterocycles. The number of rotatable bonds is 7. The van der Waals surface area contributed by atoms with E-state index in [-0.39, 0.29) is 6.16 Å². The third kappa shape index (κ3) is 5.79. The Bertz CT molecular complexity index is 322. The highest BCUT2D eigenvalue weighted by molar-refractivity contribution is 7.53. The molecule has 16 heavy (non-hydrogen) atoms. The monoisotopic (exact) mass is 240 g/mol. The third-order valence-electron chi connectivity index (χ3n) is 1.71. The fourth-order valence-corrected chi connectivity index (χ4v) is 2.77. The first kappa shape index (κ1) is 15.0. The second-order valence-electron chi connectivity index (χ2n) is 3.24. The molecule has 4 heteroatoms. The molecule has 0 radical (unpaired) electrons. The predicted molar refractivity (Wildman–Crippen MR) is 66.0 cm³/mol. The van der Waals surface area contributed by atoms with Crippen LogP contribution in [0.3, 0.4) is 0 Å². The molecule has 0 saturated carbocycles. The summed E-state index contributed by atoms with van der Waals surface area (Å²) >= 11 is 0. The molecule has 0 aliphatic carbocycles. The molecule has 0 rings (SSSR count). The smallest absolute Gasteiger partial charge is 0.292 e. The van der Waals surface area contributed by atoms with Gasteiger partial charge in [0.05, 0.1) is 6.16 Å². The molecule has 0 fully saturated rings. The maximum Gasteiger partial charge on any atom is 0.333 e. The summed E-state index contributed by atoms with van der Waals surface area (Å²) in [5.41, 5.74) is 0. The Morgan fingerprint density at radius 2 is 1.75 bits per heavy atom. The molecule has 3 nitrogen and oxygen atoms in total. The second kappa shape index (κ2) is 7.31. The molecule has 0 aromatic rings. The summed E-state index contributed by atoms with van der Waals surface area (Å²) in [5, 5.41) is 0. The van der Waals surface area contributed by atoms with E-state index in [1.54, 1.807) is 19.9 Å². The molecule has 2 atom stereocenters. The topological polar surface area (TPSA) is 35.5 Å². The van der Waals surface area contributed by atoms with Gasteiger partial charge in [-0.3, -0.25) is 13.6 Å². The van der Waals surface area contributed by atoms with E-state index in [4.69, 9.17) is 21.9 Å². The lowest BCUT2D eigenvalue weighted by atomic mass is 10.4. The Kier molecular flexibility index (Phi) is 6.86. The minimum atomic E-state index is -3.24. The maximum absolute atomic E-state index is 12.2. The van der Waals surface area contributed by atoms with Crippen molar-refractivity contribution >= 4 is 7.60 Å². The fraction of sp³-hybridized carbons (Fsp3) is 0.500. The second-order valence-corrected chi connectivity index (χ2v) is 5.33. The van der Waals surface area contributed by atoms with Gasteiger partial charge in [-0.05, 0) is 20.3 Å². The molecular weight excluding hydrogens is 223 g/mol. The number of allylic oxidation sites excluding steroid dienone is 1. The van der Waals surface area contributed by atoms with Gasteiger partial charge in [0, 0.05) is 0 Å². The highest BCUT2D eigenvalue weighted by Gasteiger charge is 2.27. The van der Waals surface area contributed by atoms with Crippen LogP contribution >= 0.6 is 7.60 Å². The van der Waals surface area contributed by atoms with Crippen LogP contribution in [-0.4, -0.2) is 18.4 Å². The lowest BCUT2D eigenvalue weighted by molar-refractivity contribution is 0.171. The number of hydrogen-bond acceptors (Lipinski definition) is 3. The van der Waals surface area contributed by atoms with Gasteiger partial charge in [0.2, 0.25) is 0 Å². The van der Waals surface area contributed by atoms with Crippen LogP contribution in [0, 0.1) is 24.7 Å². The van der Waals surface area contributed by atoms with Crippen LogP contribution < -0.4 is 0 Å². The van der Waals surface area contributed by atoms with Crippen molar-refractivity contribution in [1.82, 2.24) is 0 Å². The zero-order valence-electron chi connectivity index (χ0n) is 9.68. The molecule has 0 N–H and O–H groups in total. The molecule has 0 aromatic carbocycles. The van der Waals surface area contributed by atoms with Crippen molar-refractivity contribution in [2.75, 3.05) is 6.16 Å². The van der Waals surface area contributed by atoms with Crippen LogP contribution in [0.25, 0.3) is 0 Å². The van der Waals surface area contributed by atoms with E-state index in [1.807, 2.05) is 0 Å². The Morgan fingerprint density at radius 1 is 1.31 bits per heavy atom. The van der Waals surface area contributed by atoms with Gasteiger partial charge in [-0.1, -0.05) is 17.9 Å². The van der Waals surface area contributed by atoms with Crippen molar-refractivity contribution in [3.8, 4) is 24.7 Å². The van der Waals surface area contributed by atoms with Crippen molar-refractivity contribution < 1.29 is 13.6 Å². The van der Waals surface area contributed by atoms with Gasteiger partial charge in [0.1, 0.15) is 12.2 Å². The zero-order chi connectivity index (χ0) is 12.6. The number of hydrogen-bond donors (Lipinski definition) is 0. The van der Waals surface area contributed by atoms with E-state index in [0.29, 0.717) is 6.42 Å². The van der Waals surface area contributed by atoms with Gasteiger partial charge in [-0.15, -0.1) is 19.4 Å². The summed E-state index contributed by atoms with van der Waals surface area (Å²) in [6.07, 6.45) is 11.6. The SMILES string of the molecule is C#CC(C)OP(=O)(CCC=C)OC(C)C#C. The predicted octanol–water partition coefficient (Wildman–Crippen LogP) is 2.83. The standard InChI is InChI=1S/C12H17O3P/c1-6-9-10-16(13,14-11(4)7-2)15-12(5)8-3/h2-3,6,11-12H,1,9-10H2,4-5H3. The van der Waals surface area contributed by atoms with E-state index < -0.39 is 19.8 Å². The van der Waals surface area contributed by atoms with Gasteiger partial charge in [0.25, 0.3) is 0 Å². The van der Waals surface area contributed by atoms with Crippen LogP contribution in [0.5, 0.6) is 0 Å². The molecule has 0 spiro atoms. The van der Waals surface area contributed by atoms with E-state index in [2.05, 4.69) is 18.4 Å². The van der Waals surface area contributed by atoms with Gasteiger partial charge >= 0.3 is 7.60 Å². The maximum atomic E-state index is 12.2. The normalized spacial score (nSPS) is 17.5. The average molecular weight is 240 g/mol. The molecule has 0 saturated heterocycles. The van der Waals surface area contributed by atoms with Crippen LogP contribution in [0.4, 0.5) is 0 Å². The summed E-state index contributed by atoms with van der Waals surface area (Å²) < 4.78 is 22.7. The summed E-state index contributed by atoms with van der Waals surface area (Å²) in [6, 6.07) is 0.